The molecule has 90 valence electrons. The van der Waals surface area contributed by atoms with Crippen molar-refractivity contribution in [2.24, 2.45) is 0 Å². The van der Waals surface area contributed by atoms with Gasteiger partial charge < -0.3 is 10.2 Å². The maximum Gasteiger partial charge on any atom is 0.130 e. The average molecular weight is 239 g/mol. The minimum absolute atomic E-state index is 0.965. The predicted octanol–water partition coefficient (Wildman–Crippen LogP) is 2.70. The van der Waals surface area contributed by atoms with Gasteiger partial charge in [-0.3, -0.25) is 0 Å². The van der Waals surface area contributed by atoms with E-state index < -0.39 is 0 Å². The largest absolute Gasteiger partial charge is 0.370 e. The van der Waals surface area contributed by atoms with Crippen LogP contribution in [0.2, 0.25) is 0 Å². The molecule has 0 aliphatic heterocycles. The van der Waals surface area contributed by atoms with Gasteiger partial charge in [-0.25, -0.2) is 4.98 Å². The normalized spacial score (nSPS) is 10.2. The van der Waals surface area contributed by atoms with Gasteiger partial charge >= 0.3 is 0 Å². The van der Waals surface area contributed by atoms with Crippen LogP contribution in [0.3, 0.4) is 0 Å². The summed E-state index contributed by atoms with van der Waals surface area (Å²) in [5, 5.41) is 3.35. The van der Waals surface area contributed by atoms with Crippen LogP contribution in [0.25, 0.3) is 0 Å². The summed E-state index contributed by atoms with van der Waals surface area (Å²) < 4.78 is 0. The van der Waals surface area contributed by atoms with Crippen molar-refractivity contribution in [1.29, 1.82) is 0 Å². The summed E-state index contributed by atoms with van der Waals surface area (Å²) in [5.74, 6) is 4.38. The third kappa shape index (κ3) is 4.75. The van der Waals surface area contributed by atoms with Crippen molar-refractivity contribution >= 4 is 23.4 Å². The van der Waals surface area contributed by atoms with E-state index in [-0.39, 0.29) is 0 Å². The number of rotatable bonds is 7. The molecule has 0 amide bonds. The Labute approximate surface area is 103 Å². The van der Waals surface area contributed by atoms with E-state index in [1.165, 1.54) is 17.9 Å². The highest BCUT2D eigenvalue weighted by Crippen LogP contribution is 2.11. The Kier molecular flexibility index (Phi) is 6.08. The molecule has 1 aromatic heterocycles. The van der Waals surface area contributed by atoms with Crippen LogP contribution in [-0.4, -0.2) is 37.1 Å². The van der Waals surface area contributed by atoms with Gasteiger partial charge in [-0.1, -0.05) is 13.0 Å². The van der Waals surface area contributed by atoms with Gasteiger partial charge in [0.1, 0.15) is 11.6 Å². The molecule has 0 spiro atoms. The standard InChI is InChI=1S/C12H21N3S/c1-4-16-10-6-9-13-11-7-5-8-12(14-11)15(2)3/h5,7-8H,4,6,9-10H2,1-3H3,(H,13,14). The Morgan fingerprint density at radius 1 is 1.38 bits per heavy atom. The maximum absolute atomic E-state index is 4.50. The van der Waals surface area contributed by atoms with Crippen molar-refractivity contribution in [3.63, 3.8) is 0 Å². The molecule has 1 rings (SSSR count). The first-order chi connectivity index (χ1) is 7.74. The summed E-state index contributed by atoms with van der Waals surface area (Å²) in [6.45, 7) is 3.19. The molecule has 3 nitrogen and oxygen atoms in total. The summed E-state index contributed by atoms with van der Waals surface area (Å²) in [7, 11) is 4.01. The lowest BCUT2D eigenvalue weighted by atomic mass is 10.4. The Morgan fingerprint density at radius 3 is 2.88 bits per heavy atom. The summed E-state index contributed by atoms with van der Waals surface area (Å²) in [6.07, 6.45) is 1.19. The van der Waals surface area contributed by atoms with Gasteiger partial charge in [-0.05, 0) is 30.1 Å². The van der Waals surface area contributed by atoms with Crippen LogP contribution in [-0.2, 0) is 0 Å². The number of pyridine rings is 1. The van der Waals surface area contributed by atoms with E-state index in [0.29, 0.717) is 0 Å². The highest BCUT2D eigenvalue weighted by molar-refractivity contribution is 7.99. The lowest BCUT2D eigenvalue weighted by molar-refractivity contribution is 0.974. The minimum atomic E-state index is 0.965. The number of nitrogens with one attached hydrogen (secondary N) is 1. The molecule has 0 aliphatic rings. The molecule has 1 N–H and O–H groups in total. The minimum Gasteiger partial charge on any atom is -0.370 e. The number of aromatic nitrogens is 1. The molecule has 0 bridgehead atoms. The van der Waals surface area contributed by atoms with Crippen molar-refractivity contribution in [1.82, 2.24) is 4.98 Å². The van der Waals surface area contributed by atoms with Gasteiger partial charge in [-0.15, -0.1) is 0 Å². The molecular weight excluding hydrogens is 218 g/mol. The highest BCUT2D eigenvalue weighted by atomic mass is 32.2. The van der Waals surface area contributed by atoms with Crippen molar-refractivity contribution in [3.8, 4) is 0 Å². The van der Waals surface area contributed by atoms with Crippen LogP contribution in [0.5, 0.6) is 0 Å². The topological polar surface area (TPSA) is 28.2 Å². The van der Waals surface area contributed by atoms with Gasteiger partial charge in [0.05, 0.1) is 0 Å². The smallest absolute Gasteiger partial charge is 0.130 e. The quantitative estimate of drug-likeness (QED) is 0.741. The van der Waals surface area contributed by atoms with E-state index in [1.54, 1.807) is 0 Å². The van der Waals surface area contributed by atoms with Crippen LogP contribution in [0.15, 0.2) is 18.2 Å². The Morgan fingerprint density at radius 2 is 2.19 bits per heavy atom. The molecule has 4 heteroatoms. The van der Waals surface area contributed by atoms with Crippen molar-refractivity contribution in [2.75, 3.05) is 42.4 Å². The lowest BCUT2D eigenvalue weighted by Gasteiger charge is -2.12. The number of nitrogens with zero attached hydrogens (tertiary/aromatic N) is 2. The number of hydrogen-bond donors (Lipinski definition) is 1. The van der Waals surface area contributed by atoms with Crippen LogP contribution < -0.4 is 10.2 Å². The molecule has 0 radical (unpaired) electrons. The van der Waals surface area contributed by atoms with Crippen LogP contribution in [0.1, 0.15) is 13.3 Å². The zero-order valence-corrected chi connectivity index (χ0v) is 11.2. The molecule has 0 fully saturated rings. The lowest BCUT2D eigenvalue weighted by Crippen LogP contribution is -2.12. The molecule has 0 unspecified atom stereocenters. The molecule has 0 saturated carbocycles. The molecule has 1 heterocycles. The highest BCUT2D eigenvalue weighted by Gasteiger charge is 1.98. The maximum atomic E-state index is 4.50. The van der Waals surface area contributed by atoms with E-state index in [4.69, 9.17) is 0 Å². The SMILES string of the molecule is CCSCCCNc1cccc(N(C)C)n1. The molecular formula is C12H21N3S. The second kappa shape index (κ2) is 7.39. The fraction of sp³-hybridized carbons (Fsp3) is 0.583. The van der Waals surface area contributed by atoms with E-state index in [1.807, 2.05) is 49.0 Å². The summed E-state index contributed by atoms with van der Waals surface area (Å²) in [6, 6.07) is 6.06. The Balaban J connectivity index is 2.33. The number of thioether (sulfide) groups is 1. The Hall–Kier alpha value is -0.900. The molecule has 0 aromatic carbocycles. The van der Waals surface area contributed by atoms with Gasteiger partial charge in [0.15, 0.2) is 0 Å². The van der Waals surface area contributed by atoms with Crippen molar-refractivity contribution < 1.29 is 0 Å². The molecule has 0 atom stereocenters. The monoisotopic (exact) mass is 239 g/mol. The van der Waals surface area contributed by atoms with E-state index in [9.17, 15) is 0 Å². The number of anilines is 2. The van der Waals surface area contributed by atoms with Crippen LogP contribution in [0.4, 0.5) is 11.6 Å². The van der Waals surface area contributed by atoms with Crippen molar-refractivity contribution in [2.45, 2.75) is 13.3 Å². The fourth-order valence-corrected chi connectivity index (χ4v) is 1.94. The average Bonchev–Trinajstić information content (AvgIpc) is 2.29. The molecule has 0 saturated heterocycles. The fourth-order valence-electron chi connectivity index (χ4n) is 1.31. The van der Waals surface area contributed by atoms with Crippen molar-refractivity contribution in [3.05, 3.63) is 18.2 Å². The van der Waals surface area contributed by atoms with Gasteiger partial charge in [-0.2, -0.15) is 11.8 Å². The summed E-state index contributed by atoms with van der Waals surface area (Å²) in [4.78, 5) is 6.51. The van der Waals surface area contributed by atoms with Gasteiger partial charge in [0.2, 0.25) is 0 Å². The molecule has 1 aromatic rings. The number of hydrogen-bond acceptors (Lipinski definition) is 4. The summed E-state index contributed by atoms with van der Waals surface area (Å²) in [5.41, 5.74) is 0. The van der Waals surface area contributed by atoms with Crippen LogP contribution >= 0.6 is 11.8 Å². The van der Waals surface area contributed by atoms with E-state index in [0.717, 1.165) is 18.2 Å². The van der Waals surface area contributed by atoms with Gasteiger partial charge in [0.25, 0.3) is 0 Å². The van der Waals surface area contributed by atoms with E-state index in [2.05, 4.69) is 17.2 Å². The van der Waals surface area contributed by atoms with E-state index >= 15 is 0 Å². The zero-order valence-electron chi connectivity index (χ0n) is 10.4. The Bertz CT molecular complexity index is 302. The second-order valence-corrected chi connectivity index (χ2v) is 5.15. The first kappa shape index (κ1) is 13.2. The summed E-state index contributed by atoms with van der Waals surface area (Å²) >= 11 is 1.98. The molecule has 0 aliphatic carbocycles. The van der Waals surface area contributed by atoms with Gasteiger partial charge in [0, 0.05) is 20.6 Å². The first-order valence-electron chi connectivity index (χ1n) is 5.70. The predicted molar refractivity (Wildman–Crippen MR) is 74.7 cm³/mol. The molecule has 16 heavy (non-hydrogen) atoms. The van der Waals surface area contributed by atoms with Crippen LogP contribution in [0, 0.1) is 0 Å². The zero-order chi connectivity index (χ0) is 11.8. The third-order valence-corrected chi connectivity index (χ3v) is 3.15. The second-order valence-electron chi connectivity index (χ2n) is 3.75. The first-order valence-corrected chi connectivity index (χ1v) is 6.85. The third-order valence-electron chi connectivity index (χ3n) is 2.17.